The molecule has 1 amide bonds. The average Bonchev–Trinajstić information content (AvgIpc) is 3.58. The molecule has 0 radical (unpaired) electrons. The van der Waals surface area contributed by atoms with Crippen molar-refractivity contribution in [3.63, 3.8) is 0 Å². The van der Waals surface area contributed by atoms with Gasteiger partial charge in [0.05, 0.1) is 36.3 Å². The van der Waals surface area contributed by atoms with Gasteiger partial charge in [-0.25, -0.2) is 14.4 Å². The van der Waals surface area contributed by atoms with Crippen molar-refractivity contribution in [3.8, 4) is 33.8 Å². The zero-order valence-electron chi connectivity index (χ0n) is 22.2. The minimum Gasteiger partial charge on any atom is -0.453 e. The van der Waals surface area contributed by atoms with Crippen LogP contribution in [0.2, 0.25) is 0 Å². The Hall–Kier alpha value is -5.72. The number of ether oxygens (including phenoxy) is 1. The summed E-state index contributed by atoms with van der Waals surface area (Å²) in [7, 11) is 1.86. The number of rotatable bonds is 7. The molecule has 2 aromatic carbocycles. The van der Waals surface area contributed by atoms with Gasteiger partial charge in [0.15, 0.2) is 11.4 Å². The van der Waals surface area contributed by atoms with Crippen LogP contribution in [0.1, 0.15) is 29.4 Å². The lowest BCUT2D eigenvalue weighted by atomic mass is 10.1. The van der Waals surface area contributed by atoms with Crippen LogP contribution in [-0.2, 0) is 7.05 Å². The van der Waals surface area contributed by atoms with Crippen LogP contribution in [-0.4, -0.2) is 45.6 Å². The molecule has 0 saturated heterocycles. The first-order valence-electron chi connectivity index (χ1n) is 13.1. The quantitative estimate of drug-likeness (QED) is 0.289. The molecule has 6 aromatic rings. The average molecular weight is 564 g/mol. The summed E-state index contributed by atoms with van der Waals surface area (Å²) < 4.78 is 23.0. The minimum atomic E-state index is -0.753. The molecule has 0 aliphatic heterocycles. The van der Waals surface area contributed by atoms with Crippen LogP contribution >= 0.6 is 0 Å². The number of aromatic nitrogens is 8. The summed E-state index contributed by atoms with van der Waals surface area (Å²) in [6.45, 7) is 0. The first kappa shape index (κ1) is 25.3. The van der Waals surface area contributed by atoms with E-state index in [0.717, 1.165) is 34.9 Å². The third-order valence-corrected chi connectivity index (χ3v) is 6.97. The van der Waals surface area contributed by atoms with Crippen LogP contribution in [0.5, 0.6) is 11.5 Å². The fourth-order valence-electron chi connectivity index (χ4n) is 4.63. The van der Waals surface area contributed by atoms with Gasteiger partial charge in [-0.2, -0.15) is 15.3 Å². The molecule has 1 saturated carbocycles. The number of halogens is 1. The van der Waals surface area contributed by atoms with Crippen molar-refractivity contribution in [2.24, 2.45) is 7.05 Å². The van der Waals surface area contributed by atoms with E-state index in [0.29, 0.717) is 17.1 Å². The number of hydrogen-bond acceptors (Lipinski definition) is 8. The molecule has 208 valence electrons. The van der Waals surface area contributed by atoms with Crippen LogP contribution in [0, 0.1) is 5.82 Å². The Morgan fingerprint density at radius 1 is 1.05 bits per heavy atom. The number of nitrogens with zero attached hydrogens (tertiary/aromatic N) is 7. The maximum Gasteiger partial charge on any atom is 0.282 e. The summed E-state index contributed by atoms with van der Waals surface area (Å²) in [5.41, 5.74) is 2.40. The van der Waals surface area contributed by atoms with Gasteiger partial charge in [0.25, 0.3) is 5.91 Å². The molecule has 13 heteroatoms. The van der Waals surface area contributed by atoms with Gasteiger partial charge in [-0.05, 0) is 42.7 Å². The molecule has 4 heterocycles. The number of carbonyl (C=O) groups excluding carboxylic acids is 1. The van der Waals surface area contributed by atoms with Crippen molar-refractivity contribution in [2.45, 2.75) is 18.9 Å². The van der Waals surface area contributed by atoms with Crippen LogP contribution in [0.4, 0.5) is 10.3 Å². The third kappa shape index (κ3) is 4.76. The van der Waals surface area contributed by atoms with Crippen LogP contribution in [0.15, 0.2) is 78.4 Å². The van der Waals surface area contributed by atoms with E-state index in [4.69, 9.17) is 4.74 Å². The molecule has 1 aliphatic rings. The van der Waals surface area contributed by atoms with Crippen LogP contribution in [0.3, 0.4) is 0 Å². The molecular weight excluding hydrogens is 541 g/mol. The predicted octanol–water partition coefficient (Wildman–Crippen LogP) is 4.50. The highest BCUT2D eigenvalue weighted by molar-refractivity contribution is 6.02. The Morgan fingerprint density at radius 2 is 1.83 bits per heavy atom. The fourth-order valence-corrected chi connectivity index (χ4v) is 4.63. The van der Waals surface area contributed by atoms with Crippen molar-refractivity contribution < 1.29 is 13.9 Å². The molecule has 4 aromatic heterocycles. The predicted molar refractivity (Wildman–Crippen MR) is 151 cm³/mol. The summed E-state index contributed by atoms with van der Waals surface area (Å²) in [5, 5.41) is 18.9. The van der Waals surface area contributed by atoms with E-state index in [1.165, 1.54) is 36.7 Å². The van der Waals surface area contributed by atoms with Gasteiger partial charge in [-0.3, -0.25) is 29.4 Å². The fraction of sp³-hybridized carbons (Fsp3) is 0.138. The van der Waals surface area contributed by atoms with Gasteiger partial charge in [0, 0.05) is 41.5 Å². The van der Waals surface area contributed by atoms with Crippen molar-refractivity contribution in [1.82, 2.24) is 39.7 Å². The molecule has 42 heavy (non-hydrogen) atoms. The Morgan fingerprint density at radius 3 is 2.55 bits per heavy atom. The highest BCUT2D eigenvalue weighted by atomic mass is 19.1. The largest absolute Gasteiger partial charge is 0.453 e. The zero-order valence-corrected chi connectivity index (χ0v) is 22.2. The van der Waals surface area contributed by atoms with Crippen molar-refractivity contribution in [1.29, 1.82) is 0 Å². The Labute approximate surface area is 236 Å². The van der Waals surface area contributed by atoms with E-state index in [1.807, 2.05) is 19.2 Å². The van der Waals surface area contributed by atoms with Gasteiger partial charge in [-0.1, -0.05) is 12.1 Å². The lowest BCUT2D eigenvalue weighted by Gasteiger charge is -2.12. The summed E-state index contributed by atoms with van der Waals surface area (Å²) >= 11 is 0. The molecular formula is C29H22FN9O3. The zero-order chi connectivity index (χ0) is 28.8. The first-order valence-corrected chi connectivity index (χ1v) is 13.1. The summed E-state index contributed by atoms with van der Waals surface area (Å²) in [5.74, 6) is -0.339. The number of anilines is 1. The van der Waals surface area contributed by atoms with Gasteiger partial charge in [0.1, 0.15) is 11.6 Å². The number of amides is 1. The van der Waals surface area contributed by atoms with E-state index >= 15 is 0 Å². The molecule has 0 atom stereocenters. The van der Waals surface area contributed by atoms with Gasteiger partial charge in [-0.15, -0.1) is 0 Å². The molecule has 0 unspecified atom stereocenters. The monoisotopic (exact) mass is 563 g/mol. The number of hydrogen-bond donors (Lipinski definition) is 2. The molecule has 1 fully saturated rings. The Balaban J connectivity index is 1.15. The molecule has 12 nitrogen and oxygen atoms in total. The number of aryl methyl sites for hydroxylation is 1. The second-order valence-corrected chi connectivity index (χ2v) is 9.90. The highest BCUT2D eigenvalue weighted by Gasteiger charge is 2.27. The van der Waals surface area contributed by atoms with E-state index in [9.17, 15) is 14.0 Å². The van der Waals surface area contributed by atoms with E-state index in [-0.39, 0.29) is 23.2 Å². The Bertz CT molecular complexity index is 2000. The van der Waals surface area contributed by atoms with Crippen LogP contribution < -0.4 is 15.5 Å². The lowest BCUT2D eigenvalue weighted by molar-refractivity contribution is 0.101. The van der Waals surface area contributed by atoms with Crippen LogP contribution in [0.25, 0.3) is 33.2 Å². The molecule has 0 spiro atoms. The number of H-pyrrole nitrogens is 1. The molecule has 7 rings (SSSR count). The number of aromatic amines is 1. The standard InChI is InChI=1S/C29H22FN9O3/c1-38-24-9-22(18-10-33-34-11-18)25(8-17(24)12-35-38)42-21-13-31-29(32-14-21)36-28(41)26-27(40)23(15-39(37-26)20-6-7-20)16-2-4-19(30)5-3-16/h2-5,8-15,20H,6-7H2,1H3,(H,33,34)(H,31,32,36,41). The van der Waals surface area contributed by atoms with Crippen molar-refractivity contribution in [3.05, 3.63) is 95.3 Å². The highest BCUT2D eigenvalue weighted by Crippen LogP contribution is 2.37. The summed E-state index contributed by atoms with van der Waals surface area (Å²) in [4.78, 5) is 34.8. The van der Waals surface area contributed by atoms with Crippen molar-refractivity contribution >= 4 is 22.8 Å². The summed E-state index contributed by atoms with van der Waals surface area (Å²) in [6, 6.07) is 9.45. The number of fused-ring (bicyclic) bond motifs is 1. The molecule has 2 N–H and O–H groups in total. The Kier molecular flexibility index (Phi) is 6.03. The molecule has 1 aliphatic carbocycles. The van der Waals surface area contributed by atoms with Gasteiger partial charge in [0.2, 0.25) is 11.4 Å². The smallest absolute Gasteiger partial charge is 0.282 e. The maximum absolute atomic E-state index is 13.5. The second-order valence-electron chi connectivity index (χ2n) is 9.90. The number of nitrogens with one attached hydrogen (secondary N) is 2. The third-order valence-electron chi connectivity index (χ3n) is 6.97. The summed E-state index contributed by atoms with van der Waals surface area (Å²) in [6.07, 6.45) is 11.4. The minimum absolute atomic E-state index is 0.0310. The molecule has 0 bridgehead atoms. The van der Waals surface area contributed by atoms with E-state index < -0.39 is 17.2 Å². The van der Waals surface area contributed by atoms with E-state index in [1.54, 1.807) is 34.2 Å². The number of benzene rings is 2. The lowest BCUT2D eigenvalue weighted by Crippen LogP contribution is -2.28. The van der Waals surface area contributed by atoms with Gasteiger partial charge >= 0.3 is 0 Å². The maximum atomic E-state index is 13.5. The number of carbonyl (C=O) groups is 1. The van der Waals surface area contributed by atoms with Crippen molar-refractivity contribution in [2.75, 3.05) is 5.32 Å². The van der Waals surface area contributed by atoms with Gasteiger partial charge < -0.3 is 4.74 Å². The SMILES string of the molecule is Cn1ncc2cc(Oc3cnc(NC(=O)c4nn(C5CC5)cc(-c5ccc(F)cc5)c4=O)nc3)c(-c3cn[nH]c3)cc21. The first-order chi connectivity index (χ1) is 20.4. The topological polar surface area (TPSA) is 145 Å². The normalized spacial score (nSPS) is 12.9. The second kappa shape index (κ2) is 10.0. The van der Waals surface area contributed by atoms with E-state index in [2.05, 4.69) is 35.7 Å².